The van der Waals surface area contributed by atoms with Gasteiger partial charge in [-0.2, -0.15) is 0 Å². The van der Waals surface area contributed by atoms with Gasteiger partial charge >= 0.3 is 5.97 Å². The monoisotopic (exact) mass is 411 g/mol. The molecule has 0 aromatic heterocycles. The lowest BCUT2D eigenvalue weighted by Gasteiger charge is -2.39. The van der Waals surface area contributed by atoms with Crippen LogP contribution < -0.4 is 5.32 Å². The molecule has 2 aliphatic carbocycles. The van der Waals surface area contributed by atoms with Gasteiger partial charge in [-0.3, -0.25) is 4.79 Å². The van der Waals surface area contributed by atoms with E-state index in [1.807, 2.05) is 6.92 Å². The number of Topliss-reactive ketones (excluding diaryl/α,β-unsaturated/α-hetero) is 1. The predicted molar refractivity (Wildman–Crippen MR) is 113 cm³/mol. The van der Waals surface area contributed by atoms with Gasteiger partial charge in [-0.1, -0.05) is 32.4 Å². The number of allylic oxidation sites excluding steroid dienone is 3. The molecule has 30 heavy (non-hydrogen) atoms. The van der Waals surface area contributed by atoms with Gasteiger partial charge in [0.1, 0.15) is 11.9 Å². The number of esters is 1. The van der Waals surface area contributed by atoms with E-state index in [-0.39, 0.29) is 23.1 Å². The first kappa shape index (κ1) is 20.8. The molecule has 4 rings (SSSR count). The van der Waals surface area contributed by atoms with Crippen molar-refractivity contribution in [2.75, 3.05) is 0 Å². The number of ether oxygens (including phenoxy) is 1. The molecule has 1 atom stereocenters. The van der Waals surface area contributed by atoms with Crippen molar-refractivity contribution in [2.24, 2.45) is 5.41 Å². The standard InChI is InChI=1S/C25H30FNO3/c1-15-21(24(29)30-18-10-5-4-6-11-18)22(16-8-7-9-17(26)12-16)23-19(27-15)13-25(2,3)14-20(23)28/h7-9,12,18,22,27H,4-6,10-11,13-14H2,1-3H3/t22-/m0/s1. The average molecular weight is 412 g/mol. The molecule has 0 spiro atoms. The van der Waals surface area contributed by atoms with Gasteiger partial charge in [0.25, 0.3) is 0 Å². The van der Waals surface area contributed by atoms with Crippen molar-refractivity contribution in [1.82, 2.24) is 5.32 Å². The number of carbonyl (C=O) groups is 2. The van der Waals surface area contributed by atoms with Crippen molar-refractivity contribution in [3.05, 3.63) is 58.2 Å². The van der Waals surface area contributed by atoms with Gasteiger partial charge in [0.2, 0.25) is 0 Å². The van der Waals surface area contributed by atoms with Crippen LogP contribution in [0, 0.1) is 11.2 Å². The van der Waals surface area contributed by atoms with Crippen molar-refractivity contribution in [2.45, 2.75) is 77.7 Å². The van der Waals surface area contributed by atoms with Crippen LogP contribution in [0.5, 0.6) is 0 Å². The van der Waals surface area contributed by atoms with Gasteiger partial charge in [0.05, 0.1) is 5.57 Å². The number of hydrogen-bond donors (Lipinski definition) is 1. The Morgan fingerprint density at radius 1 is 1.17 bits per heavy atom. The quantitative estimate of drug-likeness (QED) is 0.685. The molecule has 1 aliphatic heterocycles. The summed E-state index contributed by atoms with van der Waals surface area (Å²) < 4.78 is 20.0. The Morgan fingerprint density at radius 2 is 1.90 bits per heavy atom. The van der Waals surface area contributed by atoms with Crippen molar-refractivity contribution < 1.29 is 18.7 Å². The van der Waals surface area contributed by atoms with Gasteiger partial charge in [-0.25, -0.2) is 9.18 Å². The van der Waals surface area contributed by atoms with E-state index in [1.54, 1.807) is 12.1 Å². The summed E-state index contributed by atoms with van der Waals surface area (Å²) in [6.45, 7) is 5.98. The largest absolute Gasteiger partial charge is 0.459 e. The normalized spacial score (nSPS) is 24.4. The van der Waals surface area contributed by atoms with Gasteiger partial charge < -0.3 is 10.1 Å². The van der Waals surface area contributed by atoms with E-state index < -0.39 is 11.9 Å². The fourth-order valence-electron chi connectivity index (χ4n) is 5.12. The van der Waals surface area contributed by atoms with Crippen LogP contribution >= 0.6 is 0 Å². The molecule has 0 unspecified atom stereocenters. The summed E-state index contributed by atoms with van der Waals surface area (Å²) in [5.41, 5.74) is 3.01. The molecule has 0 saturated heterocycles. The zero-order valence-corrected chi connectivity index (χ0v) is 18.0. The highest BCUT2D eigenvalue weighted by Crippen LogP contribution is 2.47. The molecule has 3 aliphatic rings. The lowest BCUT2D eigenvalue weighted by atomic mass is 9.68. The summed E-state index contributed by atoms with van der Waals surface area (Å²) in [6.07, 6.45) is 6.06. The zero-order chi connectivity index (χ0) is 21.5. The van der Waals surface area contributed by atoms with Crippen LogP contribution in [0.4, 0.5) is 4.39 Å². The summed E-state index contributed by atoms with van der Waals surface area (Å²) in [4.78, 5) is 26.5. The number of dihydropyridines is 1. The molecule has 0 radical (unpaired) electrons. The number of carbonyl (C=O) groups excluding carboxylic acids is 2. The van der Waals surface area contributed by atoms with E-state index >= 15 is 0 Å². The molecule has 4 nitrogen and oxygen atoms in total. The smallest absolute Gasteiger partial charge is 0.337 e. The molecule has 0 amide bonds. The fourth-order valence-corrected chi connectivity index (χ4v) is 5.12. The number of halogens is 1. The molecule has 1 fully saturated rings. The van der Waals surface area contributed by atoms with Crippen molar-refractivity contribution in [3.8, 4) is 0 Å². The van der Waals surface area contributed by atoms with Crippen LogP contribution in [-0.4, -0.2) is 17.9 Å². The van der Waals surface area contributed by atoms with Gasteiger partial charge in [0, 0.05) is 29.3 Å². The molecule has 1 N–H and O–H groups in total. The van der Waals surface area contributed by atoms with Crippen LogP contribution in [0.25, 0.3) is 0 Å². The Kier molecular flexibility index (Phi) is 5.56. The summed E-state index contributed by atoms with van der Waals surface area (Å²) in [5, 5.41) is 3.33. The van der Waals surface area contributed by atoms with Crippen LogP contribution in [0.1, 0.15) is 77.2 Å². The number of nitrogens with one attached hydrogen (secondary N) is 1. The lowest BCUT2D eigenvalue weighted by molar-refractivity contribution is -0.146. The van der Waals surface area contributed by atoms with Crippen LogP contribution in [0.2, 0.25) is 0 Å². The topological polar surface area (TPSA) is 55.4 Å². The summed E-state index contributed by atoms with van der Waals surface area (Å²) in [7, 11) is 0. The number of hydrogen-bond acceptors (Lipinski definition) is 4. The Balaban J connectivity index is 1.76. The molecule has 0 bridgehead atoms. The Bertz CT molecular complexity index is 937. The third kappa shape index (κ3) is 4.07. The first-order valence-corrected chi connectivity index (χ1v) is 11.0. The minimum atomic E-state index is -0.600. The third-order valence-electron chi connectivity index (χ3n) is 6.47. The molecule has 160 valence electrons. The van der Waals surface area contributed by atoms with E-state index in [2.05, 4.69) is 19.2 Å². The first-order chi connectivity index (χ1) is 14.2. The molecule has 1 aromatic carbocycles. The molecule has 1 heterocycles. The van der Waals surface area contributed by atoms with Gasteiger partial charge in [-0.15, -0.1) is 0 Å². The van der Waals surface area contributed by atoms with Crippen LogP contribution in [0.3, 0.4) is 0 Å². The van der Waals surface area contributed by atoms with Crippen LogP contribution in [-0.2, 0) is 14.3 Å². The number of benzene rings is 1. The Hall–Kier alpha value is -2.43. The lowest BCUT2D eigenvalue weighted by Crippen LogP contribution is -2.39. The summed E-state index contributed by atoms with van der Waals surface area (Å²) in [6, 6.07) is 6.22. The maximum Gasteiger partial charge on any atom is 0.337 e. The second kappa shape index (κ2) is 8.01. The maximum atomic E-state index is 14.1. The highest BCUT2D eigenvalue weighted by Gasteiger charge is 2.43. The predicted octanol–water partition coefficient (Wildman–Crippen LogP) is 5.31. The zero-order valence-electron chi connectivity index (χ0n) is 18.0. The van der Waals surface area contributed by atoms with E-state index in [0.29, 0.717) is 35.2 Å². The second-order valence-electron chi connectivity index (χ2n) is 9.65. The average Bonchev–Trinajstić information content (AvgIpc) is 2.66. The third-order valence-corrected chi connectivity index (χ3v) is 6.47. The van der Waals surface area contributed by atoms with E-state index in [9.17, 15) is 14.0 Å². The van der Waals surface area contributed by atoms with Crippen molar-refractivity contribution in [3.63, 3.8) is 0 Å². The molecule has 5 heteroatoms. The summed E-state index contributed by atoms with van der Waals surface area (Å²) in [5.74, 6) is -1.37. The fraction of sp³-hybridized carbons (Fsp3) is 0.520. The molecular weight excluding hydrogens is 381 g/mol. The minimum absolute atomic E-state index is 0.0125. The van der Waals surface area contributed by atoms with Crippen molar-refractivity contribution >= 4 is 11.8 Å². The number of rotatable bonds is 3. The van der Waals surface area contributed by atoms with Crippen molar-refractivity contribution in [1.29, 1.82) is 0 Å². The Labute approximate surface area is 177 Å². The minimum Gasteiger partial charge on any atom is -0.459 e. The first-order valence-electron chi connectivity index (χ1n) is 11.0. The summed E-state index contributed by atoms with van der Waals surface area (Å²) >= 11 is 0. The second-order valence-corrected chi connectivity index (χ2v) is 9.65. The molecule has 1 aromatic rings. The highest BCUT2D eigenvalue weighted by molar-refractivity contribution is 6.04. The SMILES string of the molecule is CC1=C(C(=O)OC2CCCCC2)[C@H](c2cccc(F)c2)C2=C(CC(C)(C)CC2=O)N1. The van der Waals surface area contributed by atoms with E-state index in [4.69, 9.17) is 4.74 Å². The van der Waals surface area contributed by atoms with Gasteiger partial charge in [0.15, 0.2) is 5.78 Å². The molecule has 1 saturated carbocycles. The van der Waals surface area contributed by atoms with E-state index in [0.717, 1.165) is 31.4 Å². The van der Waals surface area contributed by atoms with Gasteiger partial charge in [-0.05, 0) is 62.1 Å². The molecular formula is C25H30FNO3. The van der Waals surface area contributed by atoms with Crippen LogP contribution in [0.15, 0.2) is 46.8 Å². The Morgan fingerprint density at radius 3 is 2.60 bits per heavy atom. The maximum absolute atomic E-state index is 14.1. The highest BCUT2D eigenvalue weighted by atomic mass is 19.1. The van der Waals surface area contributed by atoms with E-state index in [1.165, 1.54) is 18.6 Å². The number of ketones is 1.